The van der Waals surface area contributed by atoms with Gasteiger partial charge in [-0.3, -0.25) is 9.59 Å². The van der Waals surface area contributed by atoms with Gasteiger partial charge in [0.2, 0.25) is 5.91 Å². The molecule has 1 fully saturated rings. The predicted octanol–water partition coefficient (Wildman–Crippen LogP) is 0.668. The largest absolute Gasteiger partial charge is 0.459 e. The molecule has 1 amide bonds. The van der Waals surface area contributed by atoms with Gasteiger partial charge < -0.3 is 15.4 Å². The van der Waals surface area contributed by atoms with Crippen LogP contribution in [0, 0.1) is 0 Å². The maximum Gasteiger partial charge on any atom is 0.326 e. The SMILES string of the molecule is CC(C)(C)OC(=O)CN1CCCCC(N)C1=O. The maximum atomic E-state index is 11.8. The van der Waals surface area contributed by atoms with Gasteiger partial charge in [-0.05, 0) is 40.0 Å². The molecule has 0 spiro atoms. The first-order valence-electron chi connectivity index (χ1n) is 6.06. The first kappa shape index (κ1) is 14.0. The normalized spacial score (nSPS) is 22.2. The first-order valence-corrected chi connectivity index (χ1v) is 6.06. The average molecular weight is 242 g/mol. The van der Waals surface area contributed by atoms with Crippen LogP contribution in [0.4, 0.5) is 0 Å². The van der Waals surface area contributed by atoms with Crippen molar-refractivity contribution in [2.45, 2.75) is 51.7 Å². The van der Waals surface area contributed by atoms with E-state index in [9.17, 15) is 9.59 Å². The van der Waals surface area contributed by atoms with Crippen LogP contribution < -0.4 is 5.73 Å². The zero-order valence-corrected chi connectivity index (χ0v) is 10.9. The van der Waals surface area contributed by atoms with Gasteiger partial charge in [0, 0.05) is 6.54 Å². The molecule has 0 aliphatic carbocycles. The van der Waals surface area contributed by atoms with Gasteiger partial charge in [0.25, 0.3) is 0 Å². The lowest BCUT2D eigenvalue weighted by Crippen LogP contribution is -2.45. The molecule has 0 aromatic carbocycles. The monoisotopic (exact) mass is 242 g/mol. The number of esters is 1. The Hall–Kier alpha value is -1.10. The second-order valence-electron chi connectivity index (χ2n) is 5.45. The van der Waals surface area contributed by atoms with Crippen LogP contribution in [0.2, 0.25) is 0 Å². The summed E-state index contributed by atoms with van der Waals surface area (Å²) in [5, 5.41) is 0. The molecule has 5 heteroatoms. The van der Waals surface area contributed by atoms with Crippen molar-refractivity contribution >= 4 is 11.9 Å². The van der Waals surface area contributed by atoms with E-state index < -0.39 is 11.6 Å². The van der Waals surface area contributed by atoms with Gasteiger partial charge in [0.15, 0.2) is 0 Å². The highest BCUT2D eigenvalue weighted by Crippen LogP contribution is 2.12. The number of nitrogens with two attached hydrogens (primary N) is 1. The second kappa shape index (κ2) is 5.49. The molecule has 1 atom stereocenters. The van der Waals surface area contributed by atoms with Crippen molar-refractivity contribution in [3.8, 4) is 0 Å². The molecular formula is C12H22N2O3. The standard InChI is InChI=1S/C12H22N2O3/c1-12(2,3)17-10(15)8-14-7-5-4-6-9(13)11(14)16/h9H,4-8,13H2,1-3H3. The lowest BCUT2D eigenvalue weighted by atomic mass is 10.1. The summed E-state index contributed by atoms with van der Waals surface area (Å²) in [6.07, 6.45) is 2.52. The van der Waals surface area contributed by atoms with Crippen molar-refractivity contribution in [2.75, 3.05) is 13.1 Å². The molecule has 1 rings (SSSR count). The number of hydrogen-bond acceptors (Lipinski definition) is 4. The molecule has 1 aliphatic heterocycles. The van der Waals surface area contributed by atoms with E-state index in [1.54, 1.807) is 20.8 Å². The van der Waals surface area contributed by atoms with E-state index in [2.05, 4.69) is 0 Å². The lowest BCUT2D eigenvalue weighted by molar-refractivity contribution is -0.158. The topological polar surface area (TPSA) is 72.6 Å². The minimum atomic E-state index is -0.520. The smallest absolute Gasteiger partial charge is 0.326 e. The zero-order chi connectivity index (χ0) is 13.1. The van der Waals surface area contributed by atoms with Gasteiger partial charge >= 0.3 is 5.97 Å². The molecule has 1 aliphatic rings. The van der Waals surface area contributed by atoms with E-state index in [4.69, 9.17) is 10.5 Å². The van der Waals surface area contributed by atoms with Gasteiger partial charge in [-0.15, -0.1) is 0 Å². The van der Waals surface area contributed by atoms with Crippen LogP contribution in [-0.4, -0.2) is 41.5 Å². The van der Waals surface area contributed by atoms with E-state index in [1.165, 1.54) is 4.90 Å². The highest BCUT2D eigenvalue weighted by atomic mass is 16.6. The van der Waals surface area contributed by atoms with E-state index in [-0.39, 0.29) is 18.4 Å². The molecule has 2 N–H and O–H groups in total. The van der Waals surface area contributed by atoms with Crippen molar-refractivity contribution in [2.24, 2.45) is 5.73 Å². The summed E-state index contributed by atoms with van der Waals surface area (Å²) >= 11 is 0. The molecule has 0 aromatic heterocycles. The Morgan fingerprint density at radius 3 is 2.71 bits per heavy atom. The fourth-order valence-corrected chi connectivity index (χ4v) is 1.82. The molecule has 98 valence electrons. The number of amides is 1. The lowest BCUT2D eigenvalue weighted by Gasteiger charge is -2.25. The van der Waals surface area contributed by atoms with Crippen LogP contribution in [0.25, 0.3) is 0 Å². The number of nitrogens with zero attached hydrogens (tertiary/aromatic N) is 1. The Kier molecular flexibility index (Phi) is 4.51. The summed E-state index contributed by atoms with van der Waals surface area (Å²) in [6, 6.07) is -0.472. The van der Waals surface area contributed by atoms with Crippen molar-refractivity contribution in [3.05, 3.63) is 0 Å². The van der Waals surface area contributed by atoms with Gasteiger partial charge in [0.1, 0.15) is 12.1 Å². The molecular weight excluding hydrogens is 220 g/mol. The summed E-state index contributed by atoms with van der Waals surface area (Å²) < 4.78 is 5.19. The van der Waals surface area contributed by atoms with Gasteiger partial charge in [-0.25, -0.2) is 0 Å². The van der Waals surface area contributed by atoms with Crippen LogP contribution in [-0.2, 0) is 14.3 Å². The molecule has 5 nitrogen and oxygen atoms in total. The van der Waals surface area contributed by atoms with E-state index >= 15 is 0 Å². The third-order valence-corrected chi connectivity index (χ3v) is 2.56. The minimum Gasteiger partial charge on any atom is -0.459 e. The van der Waals surface area contributed by atoms with Crippen molar-refractivity contribution in [1.29, 1.82) is 0 Å². The number of carbonyl (C=O) groups excluding carboxylic acids is 2. The fraction of sp³-hybridized carbons (Fsp3) is 0.833. The number of hydrogen-bond donors (Lipinski definition) is 1. The van der Waals surface area contributed by atoms with Gasteiger partial charge in [-0.2, -0.15) is 0 Å². The van der Waals surface area contributed by atoms with Crippen LogP contribution in [0.15, 0.2) is 0 Å². The molecule has 0 saturated carbocycles. The van der Waals surface area contributed by atoms with Gasteiger partial charge in [0.05, 0.1) is 6.04 Å². The van der Waals surface area contributed by atoms with Crippen molar-refractivity contribution < 1.29 is 14.3 Å². The van der Waals surface area contributed by atoms with Crippen molar-refractivity contribution in [3.63, 3.8) is 0 Å². The summed E-state index contributed by atoms with van der Waals surface area (Å²) in [6.45, 7) is 6.01. The zero-order valence-electron chi connectivity index (χ0n) is 10.9. The van der Waals surface area contributed by atoms with Crippen LogP contribution in [0.5, 0.6) is 0 Å². The van der Waals surface area contributed by atoms with Crippen LogP contribution in [0.3, 0.4) is 0 Å². The molecule has 1 heterocycles. The third kappa shape index (κ3) is 4.73. The Balaban J connectivity index is 2.54. The maximum absolute atomic E-state index is 11.8. The molecule has 0 radical (unpaired) electrons. The number of ether oxygens (including phenoxy) is 1. The summed E-state index contributed by atoms with van der Waals surface area (Å²) in [5.41, 5.74) is 5.21. The molecule has 1 unspecified atom stereocenters. The Labute approximate surface area is 102 Å². The third-order valence-electron chi connectivity index (χ3n) is 2.56. The fourth-order valence-electron chi connectivity index (χ4n) is 1.82. The minimum absolute atomic E-state index is 0.00377. The predicted molar refractivity (Wildman–Crippen MR) is 64.3 cm³/mol. The number of carbonyl (C=O) groups is 2. The van der Waals surface area contributed by atoms with Crippen molar-refractivity contribution in [1.82, 2.24) is 4.90 Å². The van der Waals surface area contributed by atoms with Gasteiger partial charge in [-0.1, -0.05) is 0 Å². The van der Waals surface area contributed by atoms with E-state index in [1.807, 2.05) is 0 Å². The second-order valence-corrected chi connectivity index (χ2v) is 5.45. The number of likely N-dealkylation sites (tertiary alicyclic amines) is 1. The van der Waals surface area contributed by atoms with Crippen LogP contribution in [0.1, 0.15) is 40.0 Å². The number of rotatable bonds is 2. The average Bonchev–Trinajstić information content (AvgIpc) is 2.30. The van der Waals surface area contributed by atoms with E-state index in [0.717, 1.165) is 12.8 Å². The first-order chi connectivity index (χ1) is 7.79. The summed E-state index contributed by atoms with van der Waals surface area (Å²) in [5.74, 6) is -0.520. The summed E-state index contributed by atoms with van der Waals surface area (Å²) in [7, 11) is 0. The Morgan fingerprint density at radius 2 is 2.12 bits per heavy atom. The van der Waals surface area contributed by atoms with Crippen LogP contribution >= 0.6 is 0 Å². The quantitative estimate of drug-likeness (QED) is 0.722. The highest BCUT2D eigenvalue weighted by Gasteiger charge is 2.27. The Morgan fingerprint density at radius 1 is 1.47 bits per heavy atom. The Bertz CT molecular complexity index is 297. The molecule has 17 heavy (non-hydrogen) atoms. The van der Waals surface area contributed by atoms with E-state index in [0.29, 0.717) is 13.0 Å². The molecule has 0 bridgehead atoms. The molecule has 0 aromatic rings. The molecule has 1 saturated heterocycles. The highest BCUT2D eigenvalue weighted by molar-refractivity contribution is 5.85. The summed E-state index contributed by atoms with van der Waals surface area (Å²) in [4.78, 5) is 25.0.